The van der Waals surface area contributed by atoms with Crippen molar-refractivity contribution < 1.29 is 49.3 Å². The van der Waals surface area contributed by atoms with E-state index >= 15 is 0 Å². The van der Waals surface area contributed by atoms with Gasteiger partial charge in [0.2, 0.25) is 5.91 Å². The van der Waals surface area contributed by atoms with Crippen LogP contribution in [0.4, 0.5) is 0 Å². The summed E-state index contributed by atoms with van der Waals surface area (Å²) < 4.78 is 17.4. The SMILES string of the molecule is CC/C=C/C=C/C=C\C=C/C=C/CCCC(=O)OC1C(OCC(NC(=O)C(O)CCCCCCCCCCCCCC)C(O)/C=C/CCCCCCCCCCC)OC(CO)C(O)C1O. The molecule has 65 heavy (non-hydrogen) atoms. The average Bonchev–Trinajstić information content (AvgIpc) is 3.30. The van der Waals surface area contributed by atoms with Crippen LogP contribution in [0, 0.1) is 0 Å². The summed E-state index contributed by atoms with van der Waals surface area (Å²) in [6, 6.07) is -1.04. The molecule has 1 rings (SSSR count). The zero-order chi connectivity index (χ0) is 47.6. The molecule has 8 unspecified atom stereocenters. The molecular weight excluding hydrogens is 823 g/mol. The van der Waals surface area contributed by atoms with Gasteiger partial charge in [0.15, 0.2) is 12.4 Å². The maximum absolute atomic E-state index is 13.3. The molecule has 6 N–H and O–H groups in total. The van der Waals surface area contributed by atoms with Gasteiger partial charge >= 0.3 is 5.97 Å². The minimum Gasteiger partial charge on any atom is -0.454 e. The van der Waals surface area contributed by atoms with Gasteiger partial charge in [-0.1, -0.05) is 222 Å². The molecule has 1 aliphatic heterocycles. The molecule has 1 saturated heterocycles. The largest absolute Gasteiger partial charge is 0.454 e. The molecule has 0 bridgehead atoms. The van der Waals surface area contributed by atoms with E-state index in [1.54, 1.807) is 6.08 Å². The highest BCUT2D eigenvalue weighted by Gasteiger charge is 2.47. The predicted octanol–water partition coefficient (Wildman–Crippen LogP) is 10.5. The summed E-state index contributed by atoms with van der Waals surface area (Å²) in [5, 5.41) is 56.5. The maximum atomic E-state index is 13.3. The first kappa shape index (κ1) is 60.1. The minimum absolute atomic E-state index is 0.0255. The third-order valence-electron chi connectivity index (χ3n) is 11.8. The van der Waals surface area contributed by atoms with Crippen molar-refractivity contribution in [3.8, 4) is 0 Å². The number of hydrogen-bond acceptors (Lipinski definition) is 10. The van der Waals surface area contributed by atoms with Crippen molar-refractivity contribution in [3.05, 3.63) is 72.9 Å². The van der Waals surface area contributed by atoms with E-state index in [0.717, 1.165) is 51.4 Å². The number of aliphatic hydroxyl groups is 5. The Balaban J connectivity index is 2.84. The Hall–Kier alpha value is -2.90. The average molecular weight is 916 g/mol. The molecular formula is C54H93NO10. The van der Waals surface area contributed by atoms with E-state index in [1.807, 2.05) is 60.8 Å². The molecule has 1 amide bonds. The standard InChI is InChI=1S/C54H93NO10/c1-4-7-10-13-16-19-22-24-27-30-33-36-39-42-49(59)65-52-51(61)50(60)48(43-56)64-54(52)63-44-45(46(57)40-37-34-31-28-25-21-18-15-12-9-6-3)55-53(62)47(58)41-38-35-32-29-26-23-20-17-14-11-8-5-2/h7,10,13,16,19,22,24,27,30,33,37,40,45-48,50-52,54,56-58,60-61H,4-6,8-9,11-12,14-15,17-18,20-21,23,25-26,28-29,31-32,34-36,38-39,41-44H2,1-3H3,(H,55,62)/b10-7+,16-13+,22-19-,27-24-,33-30+,40-37+. The molecule has 0 saturated carbocycles. The molecule has 0 aromatic carbocycles. The third-order valence-corrected chi connectivity index (χ3v) is 11.8. The van der Waals surface area contributed by atoms with Gasteiger partial charge in [0.05, 0.1) is 25.4 Å². The van der Waals surface area contributed by atoms with Crippen molar-refractivity contribution in [2.45, 2.75) is 243 Å². The number of allylic oxidation sites excluding steroid dienone is 11. The Morgan fingerprint density at radius 2 is 1.11 bits per heavy atom. The monoisotopic (exact) mass is 916 g/mol. The highest BCUT2D eigenvalue weighted by Crippen LogP contribution is 2.26. The Bertz CT molecular complexity index is 1330. The number of rotatable bonds is 41. The molecule has 11 heteroatoms. The number of esters is 1. The van der Waals surface area contributed by atoms with Crippen LogP contribution in [-0.2, 0) is 23.8 Å². The van der Waals surface area contributed by atoms with E-state index in [9.17, 15) is 35.1 Å². The number of ether oxygens (including phenoxy) is 3. The first-order chi connectivity index (χ1) is 31.7. The van der Waals surface area contributed by atoms with Gasteiger partial charge in [0, 0.05) is 6.42 Å². The van der Waals surface area contributed by atoms with Crippen LogP contribution in [-0.4, -0.2) is 99.6 Å². The molecule has 11 nitrogen and oxygen atoms in total. The van der Waals surface area contributed by atoms with Gasteiger partial charge in [-0.25, -0.2) is 0 Å². The van der Waals surface area contributed by atoms with Crippen molar-refractivity contribution in [1.29, 1.82) is 0 Å². The second-order valence-corrected chi connectivity index (χ2v) is 17.7. The van der Waals surface area contributed by atoms with Crippen LogP contribution in [0.15, 0.2) is 72.9 Å². The summed E-state index contributed by atoms with van der Waals surface area (Å²) in [4.78, 5) is 26.3. The van der Waals surface area contributed by atoms with Crippen molar-refractivity contribution >= 4 is 11.9 Å². The van der Waals surface area contributed by atoms with Gasteiger partial charge in [-0.2, -0.15) is 0 Å². The van der Waals surface area contributed by atoms with Crippen LogP contribution in [0.25, 0.3) is 0 Å². The van der Waals surface area contributed by atoms with Gasteiger partial charge in [-0.15, -0.1) is 0 Å². The number of amides is 1. The van der Waals surface area contributed by atoms with Crippen molar-refractivity contribution in [2.75, 3.05) is 13.2 Å². The number of nitrogens with one attached hydrogen (secondary N) is 1. The van der Waals surface area contributed by atoms with Gasteiger partial charge in [-0.05, 0) is 38.5 Å². The van der Waals surface area contributed by atoms with Crippen molar-refractivity contribution in [2.24, 2.45) is 0 Å². The molecule has 1 heterocycles. The molecule has 0 radical (unpaired) electrons. The van der Waals surface area contributed by atoms with Gasteiger partial charge in [0.25, 0.3) is 0 Å². The van der Waals surface area contributed by atoms with Crippen LogP contribution >= 0.6 is 0 Å². The number of hydrogen-bond donors (Lipinski definition) is 6. The minimum atomic E-state index is -1.64. The van der Waals surface area contributed by atoms with Crippen LogP contribution in [0.2, 0.25) is 0 Å². The van der Waals surface area contributed by atoms with Crippen molar-refractivity contribution in [1.82, 2.24) is 5.32 Å². The first-order valence-corrected chi connectivity index (χ1v) is 25.8. The molecule has 0 spiro atoms. The van der Waals surface area contributed by atoms with Gasteiger partial charge < -0.3 is 45.1 Å². The third kappa shape index (κ3) is 31.7. The summed E-state index contributed by atoms with van der Waals surface area (Å²) in [5.41, 5.74) is 0. The zero-order valence-corrected chi connectivity index (χ0v) is 40.8. The smallest absolute Gasteiger partial charge is 0.306 e. The van der Waals surface area contributed by atoms with Crippen LogP contribution < -0.4 is 5.32 Å². The van der Waals surface area contributed by atoms with Crippen LogP contribution in [0.5, 0.6) is 0 Å². The van der Waals surface area contributed by atoms with E-state index in [1.165, 1.54) is 89.9 Å². The maximum Gasteiger partial charge on any atom is 0.306 e. The van der Waals surface area contributed by atoms with E-state index in [4.69, 9.17) is 14.2 Å². The van der Waals surface area contributed by atoms with Crippen molar-refractivity contribution in [3.63, 3.8) is 0 Å². The topological polar surface area (TPSA) is 175 Å². The number of unbranched alkanes of at least 4 members (excludes halogenated alkanes) is 21. The lowest BCUT2D eigenvalue weighted by molar-refractivity contribution is -0.305. The summed E-state index contributed by atoms with van der Waals surface area (Å²) in [6.07, 6.45) is 41.1. The first-order valence-electron chi connectivity index (χ1n) is 25.8. The summed E-state index contributed by atoms with van der Waals surface area (Å²) in [7, 11) is 0. The Labute approximate surface area is 394 Å². The summed E-state index contributed by atoms with van der Waals surface area (Å²) >= 11 is 0. The Morgan fingerprint density at radius 3 is 1.65 bits per heavy atom. The lowest BCUT2D eigenvalue weighted by atomic mass is 9.99. The Kier molecular flexibility index (Phi) is 39.3. The fourth-order valence-electron chi connectivity index (χ4n) is 7.62. The summed E-state index contributed by atoms with van der Waals surface area (Å²) in [6.45, 7) is 5.55. The number of carbonyl (C=O) groups excluding carboxylic acids is 2. The van der Waals surface area contributed by atoms with E-state index in [0.29, 0.717) is 19.3 Å². The quantitative estimate of drug-likeness (QED) is 0.0150. The number of aliphatic hydroxyl groups excluding tert-OH is 5. The van der Waals surface area contributed by atoms with Gasteiger partial charge in [-0.3, -0.25) is 9.59 Å². The fourth-order valence-corrected chi connectivity index (χ4v) is 7.62. The van der Waals surface area contributed by atoms with E-state index in [-0.39, 0.29) is 19.4 Å². The van der Waals surface area contributed by atoms with E-state index in [2.05, 4.69) is 32.2 Å². The van der Waals surface area contributed by atoms with E-state index < -0.39 is 67.4 Å². The molecule has 374 valence electrons. The summed E-state index contributed by atoms with van der Waals surface area (Å²) in [5.74, 6) is -1.28. The molecule has 0 aliphatic carbocycles. The normalized spacial score (nSPS) is 20.9. The van der Waals surface area contributed by atoms with Crippen LogP contribution in [0.3, 0.4) is 0 Å². The molecule has 0 aromatic rings. The predicted molar refractivity (Wildman–Crippen MR) is 264 cm³/mol. The van der Waals surface area contributed by atoms with Crippen LogP contribution in [0.1, 0.15) is 194 Å². The molecule has 1 fully saturated rings. The molecule has 8 atom stereocenters. The fraction of sp³-hybridized carbons (Fsp3) is 0.741. The molecule has 0 aromatic heterocycles. The second kappa shape index (κ2) is 42.5. The highest BCUT2D eigenvalue weighted by molar-refractivity contribution is 5.80. The second-order valence-electron chi connectivity index (χ2n) is 17.7. The molecule has 1 aliphatic rings. The number of carbonyl (C=O) groups is 2. The lowest BCUT2D eigenvalue weighted by Crippen LogP contribution is -2.61. The van der Waals surface area contributed by atoms with Gasteiger partial charge in [0.1, 0.15) is 24.4 Å². The zero-order valence-electron chi connectivity index (χ0n) is 40.8. The Morgan fingerprint density at radius 1 is 0.615 bits per heavy atom. The highest BCUT2D eigenvalue weighted by atomic mass is 16.7. The lowest BCUT2D eigenvalue weighted by Gasteiger charge is -2.41.